The molecule has 2 saturated heterocycles. The summed E-state index contributed by atoms with van der Waals surface area (Å²) >= 11 is 5.53. The summed E-state index contributed by atoms with van der Waals surface area (Å²) in [6.07, 6.45) is -0.281. The lowest BCUT2D eigenvalue weighted by Crippen LogP contribution is -2.68. The van der Waals surface area contributed by atoms with Crippen molar-refractivity contribution in [2.75, 3.05) is 13.7 Å². The maximum Gasteiger partial charge on any atom is 0.253 e. The highest BCUT2D eigenvalue weighted by Crippen LogP contribution is 2.21. The minimum atomic E-state index is -1.84. The summed E-state index contributed by atoms with van der Waals surface area (Å²) < 4.78 is 4.94. The van der Waals surface area contributed by atoms with Crippen LogP contribution in [0.2, 0.25) is 0 Å². The Kier molecular flexibility index (Phi) is 9.18. The van der Waals surface area contributed by atoms with Gasteiger partial charge in [-0.3, -0.25) is 28.8 Å². The standard InChI is InChI=1S/C22H32ClN4O7/c1-11(2)17(14(28)10-23)25-18(30)13-7-6-8-27(13)20(32)12(3)24-21(33)22(4)16(29)9-15(34-5)19(31)26-22/h10-13,15,17H,6-9H2,1-5H3,(H,24,33)(H,25,30)(H,26,31)/t12-,13-,15?,17-,22+/m0/s1. The Balaban J connectivity index is 2.07. The van der Waals surface area contributed by atoms with E-state index >= 15 is 0 Å². The van der Waals surface area contributed by atoms with Crippen LogP contribution in [-0.4, -0.2) is 83.5 Å². The third kappa shape index (κ3) is 5.75. The van der Waals surface area contributed by atoms with E-state index in [1.165, 1.54) is 25.9 Å². The van der Waals surface area contributed by atoms with Crippen LogP contribution in [0.4, 0.5) is 0 Å². The van der Waals surface area contributed by atoms with Crippen molar-refractivity contribution in [3.05, 3.63) is 5.88 Å². The van der Waals surface area contributed by atoms with Crippen molar-refractivity contribution in [3.8, 4) is 0 Å². The monoisotopic (exact) mass is 499 g/mol. The first-order chi connectivity index (χ1) is 15.9. The van der Waals surface area contributed by atoms with Crippen molar-refractivity contribution >= 4 is 46.8 Å². The van der Waals surface area contributed by atoms with Crippen LogP contribution in [0.3, 0.4) is 0 Å². The molecule has 0 saturated carbocycles. The normalized spacial score (nSPS) is 26.6. The number of rotatable bonds is 9. The average Bonchev–Trinajstić information content (AvgIpc) is 3.28. The molecular formula is C22H32ClN4O7. The molecule has 4 amide bonds. The van der Waals surface area contributed by atoms with Crippen molar-refractivity contribution in [2.45, 2.75) is 76.7 Å². The third-order valence-electron chi connectivity index (χ3n) is 6.27. The molecule has 34 heavy (non-hydrogen) atoms. The van der Waals surface area contributed by atoms with Crippen LogP contribution in [0.1, 0.15) is 47.0 Å². The van der Waals surface area contributed by atoms with Gasteiger partial charge in [0.1, 0.15) is 24.1 Å². The summed E-state index contributed by atoms with van der Waals surface area (Å²) in [6, 6.07) is -2.71. The van der Waals surface area contributed by atoms with E-state index in [9.17, 15) is 28.8 Å². The van der Waals surface area contributed by atoms with Gasteiger partial charge in [0.15, 0.2) is 17.1 Å². The van der Waals surface area contributed by atoms with Gasteiger partial charge < -0.3 is 25.6 Å². The van der Waals surface area contributed by atoms with Gasteiger partial charge >= 0.3 is 0 Å². The number of carbonyl (C=O) groups excluding carboxylic acids is 6. The summed E-state index contributed by atoms with van der Waals surface area (Å²) in [6.45, 7) is 6.53. The van der Waals surface area contributed by atoms with E-state index in [-0.39, 0.29) is 12.3 Å². The van der Waals surface area contributed by atoms with Gasteiger partial charge in [-0.2, -0.15) is 0 Å². The minimum Gasteiger partial charge on any atom is -0.371 e. The first-order valence-electron chi connectivity index (χ1n) is 11.1. The molecule has 2 aliphatic heterocycles. The van der Waals surface area contributed by atoms with Crippen LogP contribution in [0.25, 0.3) is 0 Å². The Morgan fingerprint density at radius 2 is 1.85 bits per heavy atom. The van der Waals surface area contributed by atoms with E-state index in [1.807, 2.05) is 0 Å². The third-order valence-corrected chi connectivity index (χ3v) is 6.48. The summed E-state index contributed by atoms with van der Waals surface area (Å²) in [5, 5.41) is 7.52. The number of ketones is 2. The van der Waals surface area contributed by atoms with Gasteiger partial charge in [-0.05, 0) is 32.6 Å². The van der Waals surface area contributed by atoms with Crippen molar-refractivity contribution in [2.24, 2.45) is 5.92 Å². The van der Waals surface area contributed by atoms with Gasteiger partial charge in [-0.25, -0.2) is 0 Å². The maximum absolute atomic E-state index is 13.1. The molecule has 0 aromatic heterocycles. The molecule has 5 atom stereocenters. The predicted octanol–water partition coefficient (Wildman–Crippen LogP) is -0.545. The van der Waals surface area contributed by atoms with Gasteiger partial charge in [0.2, 0.25) is 11.8 Å². The van der Waals surface area contributed by atoms with Crippen molar-refractivity contribution in [1.82, 2.24) is 20.9 Å². The van der Waals surface area contributed by atoms with Crippen molar-refractivity contribution < 1.29 is 33.5 Å². The molecule has 1 unspecified atom stereocenters. The van der Waals surface area contributed by atoms with Crippen LogP contribution in [0.5, 0.6) is 0 Å². The highest BCUT2D eigenvalue weighted by molar-refractivity contribution is 6.35. The van der Waals surface area contributed by atoms with Gasteiger partial charge in [-0.1, -0.05) is 13.8 Å². The Labute approximate surface area is 203 Å². The zero-order valence-electron chi connectivity index (χ0n) is 20.0. The van der Waals surface area contributed by atoms with Crippen LogP contribution in [-0.2, 0) is 33.5 Å². The Morgan fingerprint density at radius 3 is 2.41 bits per heavy atom. The first kappa shape index (κ1) is 27.7. The Hall–Kier alpha value is -2.53. The smallest absolute Gasteiger partial charge is 0.253 e. The number of nitrogens with one attached hydrogen (secondary N) is 3. The van der Waals surface area contributed by atoms with E-state index < -0.39 is 65.0 Å². The van der Waals surface area contributed by atoms with E-state index in [2.05, 4.69) is 16.0 Å². The number of nitrogens with zero attached hydrogens (tertiary/aromatic N) is 1. The lowest BCUT2D eigenvalue weighted by atomic mass is 9.86. The molecule has 11 nitrogen and oxygen atoms in total. The molecule has 0 bridgehead atoms. The number of piperidine rings is 1. The summed E-state index contributed by atoms with van der Waals surface area (Å²) in [4.78, 5) is 76.8. The highest BCUT2D eigenvalue weighted by atomic mass is 35.5. The zero-order valence-corrected chi connectivity index (χ0v) is 20.7. The van der Waals surface area contributed by atoms with Crippen LogP contribution in [0, 0.1) is 11.8 Å². The van der Waals surface area contributed by atoms with Gasteiger partial charge in [0.25, 0.3) is 11.8 Å². The van der Waals surface area contributed by atoms with E-state index in [4.69, 9.17) is 16.3 Å². The van der Waals surface area contributed by atoms with Gasteiger partial charge in [-0.15, -0.1) is 11.6 Å². The van der Waals surface area contributed by atoms with Crippen molar-refractivity contribution in [3.63, 3.8) is 0 Å². The molecule has 0 aliphatic carbocycles. The number of hydrogen-bond donors (Lipinski definition) is 3. The number of ether oxygens (including phenoxy) is 1. The molecule has 0 aromatic rings. The van der Waals surface area contributed by atoms with Crippen LogP contribution < -0.4 is 16.0 Å². The summed E-state index contributed by atoms with van der Waals surface area (Å²) in [5.74, 6) is -2.75. The largest absolute Gasteiger partial charge is 0.371 e. The quantitative estimate of drug-likeness (QED) is 0.360. The molecule has 3 N–H and O–H groups in total. The number of methoxy groups -OCH3 is 1. The molecule has 2 rings (SSSR count). The molecular weight excluding hydrogens is 468 g/mol. The van der Waals surface area contributed by atoms with Crippen LogP contribution in [0.15, 0.2) is 0 Å². The molecule has 0 spiro atoms. The second-order valence-corrected chi connectivity index (χ2v) is 9.31. The van der Waals surface area contributed by atoms with Gasteiger partial charge in [0.05, 0.1) is 6.04 Å². The molecule has 1 radical (unpaired) electrons. The predicted molar refractivity (Wildman–Crippen MR) is 121 cm³/mol. The van der Waals surface area contributed by atoms with E-state index in [1.54, 1.807) is 13.8 Å². The fourth-order valence-electron chi connectivity index (χ4n) is 4.07. The molecule has 189 valence electrons. The number of carbonyl (C=O) groups is 6. The van der Waals surface area contributed by atoms with Crippen LogP contribution >= 0.6 is 11.6 Å². The average molecular weight is 500 g/mol. The minimum absolute atomic E-state index is 0.211. The fourth-order valence-corrected chi connectivity index (χ4v) is 4.21. The Morgan fingerprint density at radius 1 is 1.21 bits per heavy atom. The Bertz CT molecular complexity index is 864. The van der Waals surface area contributed by atoms with E-state index in [0.29, 0.717) is 19.4 Å². The lowest BCUT2D eigenvalue weighted by molar-refractivity contribution is -0.153. The second kappa shape index (κ2) is 11.3. The molecule has 2 aliphatic rings. The SMILES string of the molecule is COC1CC(=O)[C@](C)(C(=O)N[C@@H](C)C(=O)N2CCC[C@H]2C(=O)N[C@H](C(=O)[CH]Cl)C(C)C)NC1=O. The fraction of sp³-hybridized carbons (Fsp3) is 0.682. The number of amides is 4. The zero-order chi connectivity index (χ0) is 25.8. The molecule has 12 heteroatoms. The molecule has 2 fully saturated rings. The topological polar surface area (TPSA) is 151 Å². The summed E-state index contributed by atoms with van der Waals surface area (Å²) in [5.41, 5.74) is -1.84. The van der Waals surface area contributed by atoms with Gasteiger partial charge in [0, 0.05) is 20.1 Å². The van der Waals surface area contributed by atoms with E-state index in [0.717, 1.165) is 5.88 Å². The first-order valence-corrected chi connectivity index (χ1v) is 11.6. The number of likely N-dealkylation sites (tertiary alicyclic amines) is 1. The summed E-state index contributed by atoms with van der Waals surface area (Å²) in [7, 11) is 1.29. The lowest BCUT2D eigenvalue weighted by Gasteiger charge is -2.36. The second-order valence-electron chi connectivity index (χ2n) is 9.09. The number of halogens is 1. The molecule has 0 aromatic carbocycles. The number of hydrogen-bond acceptors (Lipinski definition) is 7. The maximum atomic E-state index is 13.1. The highest BCUT2D eigenvalue weighted by Gasteiger charge is 2.49. The van der Waals surface area contributed by atoms with Crippen molar-refractivity contribution in [1.29, 1.82) is 0 Å². The molecule has 2 heterocycles. The number of Topliss-reactive ketones (excluding diaryl/α,β-unsaturated/α-hetero) is 2.